The van der Waals surface area contributed by atoms with Crippen LogP contribution < -0.4 is 10.1 Å². The maximum Gasteiger partial charge on any atom is 0.122 e. The molecule has 0 saturated carbocycles. The second-order valence-electron chi connectivity index (χ2n) is 6.59. The molecule has 1 N–H and O–H groups in total. The van der Waals surface area contributed by atoms with Crippen molar-refractivity contribution in [2.24, 2.45) is 0 Å². The number of methoxy groups -OCH3 is 1. The number of nitrogens with one attached hydrogen (secondary N) is 1. The van der Waals surface area contributed by atoms with Crippen LogP contribution in [0.4, 0.5) is 0 Å². The summed E-state index contributed by atoms with van der Waals surface area (Å²) in [7, 11) is 4.02. The van der Waals surface area contributed by atoms with E-state index >= 15 is 0 Å². The molecular formula is C17H27N3O. The van der Waals surface area contributed by atoms with Crippen molar-refractivity contribution < 1.29 is 4.74 Å². The van der Waals surface area contributed by atoms with Gasteiger partial charge in [-0.05, 0) is 39.7 Å². The highest BCUT2D eigenvalue weighted by Gasteiger charge is 2.35. The van der Waals surface area contributed by atoms with Crippen molar-refractivity contribution in [2.45, 2.75) is 63.7 Å². The van der Waals surface area contributed by atoms with Gasteiger partial charge in [0.25, 0.3) is 0 Å². The Morgan fingerprint density at radius 1 is 1.29 bits per heavy atom. The van der Waals surface area contributed by atoms with Gasteiger partial charge in [-0.2, -0.15) is 0 Å². The van der Waals surface area contributed by atoms with Gasteiger partial charge in [0.05, 0.1) is 12.8 Å². The standard InChI is InChI=1S/C17H27N3O/c1-12-7-17(21-3)10-14(19-12)11-18-13-8-15-5-4-6-16(9-13)20(15)2/h7,10,13,15-16,18H,4-6,8-9,11H2,1-3H3. The Balaban J connectivity index is 1.59. The van der Waals surface area contributed by atoms with Gasteiger partial charge in [-0.3, -0.25) is 4.98 Å². The Hall–Kier alpha value is -1.13. The van der Waals surface area contributed by atoms with Crippen LogP contribution in [0.15, 0.2) is 12.1 Å². The maximum absolute atomic E-state index is 5.33. The summed E-state index contributed by atoms with van der Waals surface area (Å²) in [5.41, 5.74) is 2.10. The lowest BCUT2D eigenvalue weighted by Gasteiger charge is -2.47. The van der Waals surface area contributed by atoms with Crippen LogP contribution in [-0.2, 0) is 6.54 Å². The number of hydrogen-bond donors (Lipinski definition) is 1. The average Bonchev–Trinajstić information content (AvgIpc) is 2.45. The third-order valence-electron chi connectivity index (χ3n) is 5.13. The average molecular weight is 289 g/mol. The van der Waals surface area contributed by atoms with Gasteiger partial charge in [0.15, 0.2) is 0 Å². The van der Waals surface area contributed by atoms with Gasteiger partial charge < -0.3 is 15.0 Å². The van der Waals surface area contributed by atoms with Crippen LogP contribution in [0.5, 0.6) is 5.75 Å². The summed E-state index contributed by atoms with van der Waals surface area (Å²) in [6.45, 7) is 2.86. The molecule has 21 heavy (non-hydrogen) atoms. The van der Waals surface area contributed by atoms with Crippen LogP contribution in [0.25, 0.3) is 0 Å². The van der Waals surface area contributed by atoms with Crippen molar-refractivity contribution in [3.05, 3.63) is 23.5 Å². The van der Waals surface area contributed by atoms with E-state index in [4.69, 9.17) is 4.74 Å². The quantitative estimate of drug-likeness (QED) is 0.924. The van der Waals surface area contributed by atoms with Crippen LogP contribution in [0.3, 0.4) is 0 Å². The van der Waals surface area contributed by atoms with Crippen LogP contribution in [0.2, 0.25) is 0 Å². The molecule has 4 nitrogen and oxygen atoms in total. The minimum atomic E-state index is 0.629. The summed E-state index contributed by atoms with van der Waals surface area (Å²) in [6.07, 6.45) is 6.68. The van der Waals surface area contributed by atoms with Gasteiger partial charge >= 0.3 is 0 Å². The van der Waals surface area contributed by atoms with Crippen molar-refractivity contribution in [3.8, 4) is 5.75 Å². The van der Waals surface area contributed by atoms with Gasteiger partial charge in [0.2, 0.25) is 0 Å². The largest absolute Gasteiger partial charge is 0.497 e. The third-order valence-corrected chi connectivity index (χ3v) is 5.13. The lowest BCUT2D eigenvalue weighted by Crippen LogP contribution is -2.54. The van der Waals surface area contributed by atoms with Gasteiger partial charge in [0, 0.05) is 42.5 Å². The first-order valence-corrected chi connectivity index (χ1v) is 8.12. The number of aryl methyl sites for hydroxylation is 1. The van der Waals surface area contributed by atoms with E-state index in [1.165, 1.54) is 32.1 Å². The fourth-order valence-corrected chi connectivity index (χ4v) is 3.94. The molecule has 1 aromatic rings. The molecule has 2 atom stereocenters. The predicted octanol–water partition coefficient (Wildman–Crippen LogP) is 2.50. The van der Waals surface area contributed by atoms with Gasteiger partial charge in [0.1, 0.15) is 5.75 Å². The topological polar surface area (TPSA) is 37.4 Å². The van der Waals surface area contributed by atoms with E-state index in [-0.39, 0.29) is 0 Å². The van der Waals surface area contributed by atoms with Crippen molar-refractivity contribution in [3.63, 3.8) is 0 Å². The Morgan fingerprint density at radius 3 is 2.67 bits per heavy atom. The first kappa shape index (κ1) is 14.8. The molecule has 0 aliphatic carbocycles. The van der Waals surface area contributed by atoms with E-state index in [1.54, 1.807) is 7.11 Å². The number of piperidine rings is 2. The lowest BCUT2D eigenvalue weighted by atomic mass is 9.82. The molecular weight excluding hydrogens is 262 g/mol. The molecule has 2 aliphatic heterocycles. The van der Waals surface area contributed by atoms with Crippen molar-refractivity contribution in [2.75, 3.05) is 14.2 Å². The summed E-state index contributed by atoms with van der Waals surface area (Å²) in [5.74, 6) is 0.902. The van der Waals surface area contributed by atoms with E-state index < -0.39 is 0 Å². The first-order valence-electron chi connectivity index (χ1n) is 8.12. The van der Waals surface area contributed by atoms with E-state index in [2.05, 4.69) is 22.2 Å². The fourth-order valence-electron chi connectivity index (χ4n) is 3.94. The molecule has 1 aromatic heterocycles. The minimum absolute atomic E-state index is 0.629. The number of aromatic nitrogens is 1. The third kappa shape index (κ3) is 3.38. The maximum atomic E-state index is 5.33. The molecule has 2 bridgehead atoms. The fraction of sp³-hybridized carbons (Fsp3) is 0.706. The number of hydrogen-bond acceptors (Lipinski definition) is 4. The lowest BCUT2D eigenvalue weighted by molar-refractivity contribution is 0.0481. The molecule has 3 rings (SSSR count). The zero-order valence-electron chi connectivity index (χ0n) is 13.4. The molecule has 0 radical (unpaired) electrons. The van der Waals surface area contributed by atoms with Gasteiger partial charge in [-0.1, -0.05) is 6.42 Å². The molecule has 0 aromatic carbocycles. The van der Waals surface area contributed by atoms with E-state index in [1.807, 2.05) is 19.1 Å². The number of pyridine rings is 1. The van der Waals surface area contributed by atoms with E-state index in [0.29, 0.717) is 6.04 Å². The monoisotopic (exact) mass is 289 g/mol. The Kier molecular flexibility index (Phi) is 4.45. The van der Waals surface area contributed by atoms with Crippen molar-refractivity contribution >= 4 is 0 Å². The van der Waals surface area contributed by atoms with Gasteiger partial charge in [-0.25, -0.2) is 0 Å². The summed E-state index contributed by atoms with van der Waals surface area (Å²) < 4.78 is 5.33. The van der Waals surface area contributed by atoms with E-state index in [9.17, 15) is 0 Å². The molecule has 0 amide bonds. The van der Waals surface area contributed by atoms with Crippen LogP contribution in [-0.4, -0.2) is 42.2 Å². The van der Waals surface area contributed by atoms with Crippen LogP contribution >= 0.6 is 0 Å². The zero-order chi connectivity index (χ0) is 14.8. The van der Waals surface area contributed by atoms with Crippen molar-refractivity contribution in [1.82, 2.24) is 15.2 Å². The Labute approximate surface area is 127 Å². The summed E-state index contributed by atoms with van der Waals surface area (Å²) in [6, 6.07) is 6.19. The molecule has 0 spiro atoms. The molecule has 3 heterocycles. The molecule has 116 valence electrons. The highest BCUT2D eigenvalue weighted by molar-refractivity contribution is 5.26. The number of nitrogens with zero attached hydrogens (tertiary/aromatic N) is 2. The highest BCUT2D eigenvalue weighted by atomic mass is 16.5. The number of fused-ring (bicyclic) bond motifs is 2. The molecule has 2 saturated heterocycles. The van der Waals surface area contributed by atoms with E-state index in [0.717, 1.165) is 35.8 Å². The minimum Gasteiger partial charge on any atom is -0.497 e. The molecule has 2 unspecified atom stereocenters. The molecule has 4 heteroatoms. The second-order valence-corrected chi connectivity index (χ2v) is 6.59. The van der Waals surface area contributed by atoms with Crippen LogP contribution in [0, 0.1) is 6.92 Å². The molecule has 2 aliphatic rings. The smallest absolute Gasteiger partial charge is 0.122 e. The first-order chi connectivity index (χ1) is 10.2. The highest BCUT2D eigenvalue weighted by Crippen LogP contribution is 2.32. The Bertz CT molecular complexity index is 477. The summed E-state index contributed by atoms with van der Waals surface area (Å²) in [5, 5.41) is 3.72. The van der Waals surface area contributed by atoms with Crippen molar-refractivity contribution in [1.29, 1.82) is 0 Å². The SMILES string of the molecule is COc1cc(C)nc(CNC2CC3CCCC(C2)N3C)c1. The zero-order valence-corrected chi connectivity index (χ0v) is 13.4. The summed E-state index contributed by atoms with van der Waals surface area (Å²) in [4.78, 5) is 7.21. The predicted molar refractivity (Wildman–Crippen MR) is 84.6 cm³/mol. The second kappa shape index (κ2) is 6.32. The van der Waals surface area contributed by atoms with Gasteiger partial charge in [-0.15, -0.1) is 0 Å². The summed E-state index contributed by atoms with van der Waals surface area (Å²) >= 11 is 0. The Morgan fingerprint density at radius 2 is 2.00 bits per heavy atom. The number of rotatable bonds is 4. The molecule has 2 fully saturated rings. The number of ether oxygens (including phenoxy) is 1. The van der Waals surface area contributed by atoms with Crippen LogP contribution in [0.1, 0.15) is 43.5 Å². The normalized spacial score (nSPS) is 29.4.